The predicted molar refractivity (Wildman–Crippen MR) is 84.9 cm³/mol. The molecule has 4 heteroatoms. The number of rotatable bonds is 3. The number of nitrogen functional groups attached to an aromatic ring is 1. The van der Waals surface area contributed by atoms with Gasteiger partial charge in [0.1, 0.15) is 0 Å². The van der Waals surface area contributed by atoms with Crippen LogP contribution in [0.15, 0.2) is 30.5 Å². The molecule has 1 saturated heterocycles. The van der Waals surface area contributed by atoms with Crippen LogP contribution in [0.2, 0.25) is 0 Å². The van der Waals surface area contributed by atoms with Gasteiger partial charge in [0.05, 0.1) is 11.2 Å². The Labute approximate surface area is 120 Å². The molecule has 2 heterocycles. The van der Waals surface area contributed by atoms with Gasteiger partial charge in [-0.05, 0) is 50.2 Å². The van der Waals surface area contributed by atoms with Gasteiger partial charge in [-0.1, -0.05) is 6.92 Å². The molecule has 0 saturated carbocycles. The predicted octanol–water partition coefficient (Wildman–Crippen LogP) is 2.71. The summed E-state index contributed by atoms with van der Waals surface area (Å²) in [5.41, 5.74) is 8.78. The first kappa shape index (κ1) is 13.2. The van der Waals surface area contributed by atoms with Crippen LogP contribution in [0.1, 0.15) is 19.8 Å². The first-order valence-corrected chi connectivity index (χ1v) is 7.40. The van der Waals surface area contributed by atoms with Gasteiger partial charge in [0.2, 0.25) is 0 Å². The van der Waals surface area contributed by atoms with E-state index in [0.29, 0.717) is 6.04 Å². The summed E-state index contributed by atoms with van der Waals surface area (Å²) in [7, 11) is 0. The van der Waals surface area contributed by atoms with Crippen molar-refractivity contribution in [1.82, 2.24) is 9.88 Å². The van der Waals surface area contributed by atoms with Crippen LogP contribution in [0.5, 0.6) is 0 Å². The van der Waals surface area contributed by atoms with Crippen molar-refractivity contribution in [3.63, 3.8) is 0 Å². The van der Waals surface area contributed by atoms with Gasteiger partial charge >= 0.3 is 0 Å². The molecule has 1 aromatic carbocycles. The lowest BCUT2D eigenvalue weighted by Crippen LogP contribution is -2.41. The molecule has 1 unspecified atom stereocenters. The largest absolute Gasteiger partial charge is 0.397 e. The number of nitrogens with zero attached hydrogens (tertiary/aromatic N) is 2. The number of fused-ring (bicyclic) bond motifs is 1. The Morgan fingerprint density at radius 2 is 2.30 bits per heavy atom. The quantitative estimate of drug-likeness (QED) is 0.842. The van der Waals surface area contributed by atoms with E-state index in [1.807, 2.05) is 12.1 Å². The number of hydrogen-bond acceptors (Lipinski definition) is 4. The molecule has 1 aliphatic heterocycles. The molecule has 0 spiro atoms. The van der Waals surface area contributed by atoms with E-state index in [0.717, 1.165) is 35.4 Å². The highest BCUT2D eigenvalue weighted by atomic mass is 15.2. The highest BCUT2D eigenvalue weighted by Crippen LogP contribution is 2.28. The Bertz CT molecular complexity index is 596. The number of aromatic nitrogens is 1. The Morgan fingerprint density at radius 1 is 1.40 bits per heavy atom. The van der Waals surface area contributed by atoms with Crippen molar-refractivity contribution in [1.29, 1.82) is 0 Å². The number of nitrogens with one attached hydrogen (secondary N) is 1. The maximum atomic E-state index is 6.00. The molecule has 20 heavy (non-hydrogen) atoms. The summed E-state index contributed by atoms with van der Waals surface area (Å²) in [5, 5.41) is 4.79. The molecule has 4 nitrogen and oxygen atoms in total. The topological polar surface area (TPSA) is 54.2 Å². The maximum Gasteiger partial charge on any atom is 0.0951 e. The van der Waals surface area contributed by atoms with Crippen molar-refractivity contribution in [2.75, 3.05) is 30.7 Å². The molecule has 1 atom stereocenters. The second-order valence-corrected chi connectivity index (χ2v) is 5.48. The van der Waals surface area contributed by atoms with Gasteiger partial charge in [0, 0.05) is 29.9 Å². The molecule has 0 radical (unpaired) electrons. The number of benzene rings is 1. The highest BCUT2D eigenvalue weighted by Gasteiger charge is 2.19. The molecular weight excluding hydrogens is 248 g/mol. The van der Waals surface area contributed by atoms with Crippen LogP contribution in [-0.2, 0) is 0 Å². The monoisotopic (exact) mass is 270 g/mol. The molecule has 106 valence electrons. The van der Waals surface area contributed by atoms with Crippen LogP contribution in [0, 0.1) is 0 Å². The second kappa shape index (κ2) is 5.67. The van der Waals surface area contributed by atoms with Gasteiger partial charge in [-0.3, -0.25) is 4.98 Å². The molecule has 1 aromatic heterocycles. The number of nitrogens with two attached hydrogens (primary N) is 1. The van der Waals surface area contributed by atoms with Crippen LogP contribution in [0.25, 0.3) is 10.9 Å². The van der Waals surface area contributed by atoms with Crippen LogP contribution in [0.4, 0.5) is 11.4 Å². The maximum absolute atomic E-state index is 6.00. The molecule has 3 rings (SSSR count). The summed E-state index contributed by atoms with van der Waals surface area (Å²) in [4.78, 5) is 6.89. The number of piperidine rings is 1. The average molecular weight is 270 g/mol. The van der Waals surface area contributed by atoms with E-state index in [4.69, 9.17) is 5.73 Å². The number of likely N-dealkylation sites (tertiary alicyclic amines) is 1. The molecule has 2 aromatic rings. The molecule has 0 aliphatic carbocycles. The highest BCUT2D eigenvalue weighted by molar-refractivity contribution is 5.98. The van der Waals surface area contributed by atoms with Gasteiger partial charge in [0.25, 0.3) is 0 Å². The van der Waals surface area contributed by atoms with Gasteiger partial charge in [0.15, 0.2) is 0 Å². The minimum Gasteiger partial charge on any atom is -0.397 e. The molecule has 1 aliphatic rings. The van der Waals surface area contributed by atoms with Gasteiger partial charge in [-0.15, -0.1) is 0 Å². The minimum absolute atomic E-state index is 0.510. The van der Waals surface area contributed by atoms with E-state index in [9.17, 15) is 0 Å². The average Bonchev–Trinajstić information content (AvgIpc) is 2.51. The second-order valence-electron chi connectivity index (χ2n) is 5.48. The summed E-state index contributed by atoms with van der Waals surface area (Å²) in [5.74, 6) is 0. The third-order valence-electron chi connectivity index (χ3n) is 4.11. The first-order valence-electron chi connectivity index (χ1n) is 7.40. The van der Waals surface area contributed by atoms with Crippen LogP contribution >= 0.6 is 0 Å². The smallest absolute Gasteiger partial charge is 0.0951 e. The number of anilines is 2. The lowest BCUT2D eigenvalue weighted by atomic mass is 10.0. The summed E-state index contributed by atoms with van der Waals surface area (Å²) in [6, 6.07) is 8.58. The Hall–Kier alpha value is -1.81. The Balaban J connectivity index is 1.86. The molecular formula is C16H22N4. The van der Waals surface area contributed by atoms with E-state index in [2.05, 4.69) is 34.3 Å². The van der Waals surface area contributed by atoms with Gasteiger partial charge in [-0.2, -0.15) is 0 Å². The third-order valence-corrected chi connectivity index (χ3v) is 4.11. The van der Waals surface area contributed by atoms with E-state index < -0.39 is 0 Å². The fourth-order valence-corrected chi connectivity index (χ4v) is 3.00. The van der Waals surface area contributed by atoms with Crippen molar-refractivity contribution in [2.45, 2.75) is 25.8 Å². The van der Waals surface area contributed by atoms with Crippen molar-refractivity contribution in [3.8, 4) is 0 Å². The summed E-state index contributed by atoms with van der Waals surface area (Å²) in [6.07, 6.45) is 4.28. The number of hydrogen-bond donors (Lipinski definition) is 2. The zero-order chi connectivity index (χ0) is 13.9. The lowest BCUT2D eigenvalue weighted by Gasteiger charge is -2.33. The van der Waals surface area contributed by atoms with E-state index in [-0.39, 0.29) is 0 Å². The van der Waals surface area contributed by atoms with Gasteiger partial charge < -0.3 is 16.0 Å². The summed E-state index contributed by atoms with van der Waals surface area (Å²) >= 11 is 0. The number of pyridine rings is 1. The van der Waals surface area contributed by atoms with Crippen molar-refractivity contribution in [3.05, 3.63) is 30.5 Å². The SMILES string of the molecule is CCN1CCCC(Nc2ccc(N)c3ncccc23)C1. The molecule has 0 amide bonds. The zero-order valence-electron chi connectivity index (χ0n) is 12.0. The van der Waals surface area contributed by atoms with E-state index in [1.54, 1.807) is 6.20 Å². The normalized spacial score (nSPS) is 20.1. The molecule has 3 N–H and O–H groups in total. The van der Waals surface area contributed by atoms with E-state index >= 15 is 0 Å². The van der Waals surface area contributed by atoms with Crippen LogP contribution in [0.3, 0.4) is 0 Å². The zero-order valence-corrected chi connectivity index (χ0v) is 12.0. The fourth-order valence-electron chi connectivity index (χ4n) is 3.00. The van der Waals surface area contributed by atoms with E-state index in [1.165, 1.54) is 19.4 Å². The Morgan fingerprint density at radius 3 is 3.15 bits per heavy atom. The third kappa shape index (κ3) is 2.56. The van der Waals surface area contributed by atoms with Crippen molar-refractivity contribution >= 4 is 22.3 Å². The summed E-state index contributed by atoms with van der Waals surface area (Å²) in [6.45, 7) is 5.69. The van der Waals surface area contributed by atoms with Crippen LogP contribution in [-0.4, -0.2) is 35.6 Å². The summed E-state index contributed by atoms with van der Waals surface area (Å²) < 4.78 is 0. The minimum atomic E-state index is 0.510. The first-order chi connectivity index (χ1) is 9.78. The van der Waals surface area contributed by atoms with Crippen LogP contribution < -0.4 is 11.1 Å². The number of likely N-dealkylation sites (N-methyl/N-ethyl adjacent to an activating group) is 1. The van der Waals surface area contributed by atoms with Gasteiger partial charge in [-0.25, -0.2) is 0 Å². The van der Waals surface area contributed by atoms with Crippen molar-refractivity contribution < 1.29 is 0 Å². The standard InChI is InChI=1S/C16H22N4/c1-2-20-10-4-5-12(11-20)19-15-8-7-14(17)16-13(15)6-3-9-18-16/h3,6-9,12,19H,2,4-5,10-11,17H2,1H3. The van der Waals surface area contributed by atoms with Crippen molar-refractivity contribution in [2.24, 2.45) is 0 Å². The fraction of sp³-hybridized carbons (Fsp3) is 0.438. The molecule has 1 fully saturated rings. The molecule has 0 bridgehead atoms. The lowest BCUT2D eigenvalue weighted by molar-refractivity contribution is 0.227. The Kier molecular flexibility index (Phi) is 3.74.